The van der Waals surface area contributed by atoms with Crippen LogP contribution in [0.15, 0.2) is 24.3 Å². The number of halogens is 1. The Bertz CT molecular complexity index is 572. The van der Waals surface area contributed by atoms with Gasteiger partial charge in [-0.15, -0.1) is 0 Å². The molecule has 1 aromatic rings. The molecule has 0 radical (unpaired) electrons. The number of hydrogen-bond acceptors (Lipinski definition) is 3. The lowest BCUT2D eigenvalue weighted by atomic mass is 9.75. The van der Waals surface area contributed by atoms with Crippen molar-refractivity contribution < 1.29 is 13.9 Å². The molecule has 2 aliphatic heterocycles. The zero-order chi connectivity index (χ0) is 16.4. The topological polar surface area (TPSA) is 32.8 Å². The van der Waals surface area contributed by atoms with Crippen molar-refractivity contribution >= 4 is 5.91 Å². The molecule has 1 amide bonds. The number of likely N-dealkylation sites (N-methyl/N-ethyl adjacent to an activating group) is 1. The zero-order valence-electron chi connectivity index (χ0n) is 13.9. The average Bonchev–Trinajstić information content (AvgIpc) is 2.47. The van der Waals surface area contributed by atoms with Crippen LogP contribution in [0.3, 0.4) is 0 Å². The van der Waals surface area contributed by atoms with Gasteiger partial charge >= 0.3 is 0 Å². The fourth-order valence-electron chi connectivity index (χ4n) is 3.93. The molecule has 2 aliphatic rings. The van der Waals surface area contributed by atoms with Gasteiger partial charge in [-0.1, -0.05) is 12.1 Å². The monoisotopic (exact) mass is 320 g/mol. The van der Waals surface area contributed by atoms with Crippen molar-refractivity contribution in [1.29, 1.82) is 0 Å². The molecule has 23 heavy (non-hydrogen) atoms. The summed E-state index contributed by atoms with van der Waals surface area (Å²) in [4.78, 5) is 16.7. The summed E-state index contributed by atoms with van der Waals surface area (Å²) in [6.45, 7) is 3.41. The van der Waals surface area contributed by atoms with Crippen LogP contribution < -0.4 is 0 Å². The number of hydrogen-bond donors (Lipinski definition) is 0. The molecule has 1 unspecified atom stereocenters. The van der Waals surface area contributed by atoms with Gasteiger partial charge in [0, 0.05) is 26.8 Å². The van der Waals surface area contributed by atoms with Crippen LogP contribution in [0, 0.1) is 11.7 Å². The van der Waals surface area contributed by atoms with E-state index in [1.54, 1.807) is 19.2 Å². The van der Waals surface area contributed by atoms with Gasteiger partial charge in [0.2, 0.25) is 5.91 Å². The lowest BCUT2D eigenvalue weighted by molar-refractivity contribution is -0.150. The molecule has 0 bridgehead atoms. The minimum Gasteiger partial charge on any atom is -0.384 e. The van der Waals surface area contributed by atoms with E-state index < -0.39 is 0 Å². The van der Waals surface area contributed by atoms with Crippen molar-refractivity contribution in [3.8, 4) is 0 Å². The SMILES string of the molecule is COCC1CCN(C)C2(C1)CN(C(=O)Cc1cccc(F)c1)C2. The molecule has 1 spiro atoms. The Hall–Kier alpha value is -1.46. The average molecular weight is 320 g/mol. The van der Waals surface area contributed by atoms with Gasteiger partial charge in [0.1, 0.15) is 5.82 Å². The highest BCUT2D eigenvalue weighted by atomic mass is 19.1. The van der Waals surface area contributed by atoms with E-state index in [1.807, 2.05) is 4.90 Å². The Morgan fingerprint density at radius 2 is 2.22 bits per heavy atom. The van der Waals surface area contributed by atoms with Gasteiger partial charge in [-0.3, -0.25) is 9.69 Å². The summed E-state index contributed by atoms with van der Waals surface area (Å²) in [7, 11) is 3.90. The number of amides is 1. The minimum absolute atomic E-state index is 0.0866. The highest BCUT2D eigenvalue weighted by Gasteiger charge is 2.50. The quantitative estimate of drug-likeness (QED) is 0.850. The van der Waals surface area contributed by atoms with Crippen LogP contribution in [0.4, 0.5) is 4.39 Å². The Morgan fingerprint density at radius 1 is 1.43 bits per heavy atom. The van der Waals surface area contributed by atoms with Crippen molar-refractivity contribution in [2.75, 3.05) is 40.4 Å². The number of likely N-dealkylation sites (tertiary alicyclic amines) is 2. The highest BCUT2D eigenvalue weighted by Crippen LogP contribution is 2.38. The lowest BCUT2D eigenvalue weighted by Crippen LogP contribution is -2.72. The van der Waals surface area contributed by atoms with Crippen molar-refractivity contribution in [2.24, 2.45) is 5.92 Å². The summed E-state index contributed by atoms with van der Waals surface area (Å²) in [5.41, 5.74) is 0.851. The van der Waals surface area contributed by atoms with Gasteiger partial charge in [0.15, 0.2) is 0 Å². The molecule has 0 aliphatic carbocycles. The van der Waals surface area contributed by atoms with Crippen molar-refractivity contribution in [3.05, 3.63) is 35.6 Å². The van der Waals surface area contributed by atoms with Gasteiger partial charge in [-0.25, -0.2) is 4.39 Å². The second-order valence-corrected chi connectivity index (χ2v) is 7.02. The Balaban J connectivity index is 1.57. The lowest BCUT2D eigenvalue weighted by Gasteiger charge is -2.58. The maximum Gasteiger partial charge on any atom is 0.227 e. The maximum atomic E-state index is 13.2. The van der Waals surface area contributed by atoms with E-state index in [9.17, 15) is 9.18 Å². The molecule has 126 valence electrons. The third kappa shape index (κ3) is 3.40. The van der Waals surface area contributed by atoms with E-state index in [1.165, 1.54) is 12.1 Å². The Kier molecular flexibility index (Phi) is 4.69. The molecule has 0 aromatic heterocycles. The minimum atomic E-state index is -0.287. The first-order valence-electron chi connectivity index (χ1n) is 8.25. The summed E-state index contributed by atoms with van der Waals surface area (Å²) in [6.07, 6.45) is 2.52. The van der Waals surface area contributed by atoms with Crippen LogP contribution in [-0.2, 0) is 16.0 Å². The molecule has 0 N–H and O–H groups in total. The fraction of sp³-hybridized carbons (Fsp3) is 0.611. The van der Waals surface area contributed by atoms with Crippen LogP contribution in [0.5, 0.6) is 0 Å². The second-order valence-electron chi connectivity index (χ2n) is 7.02. The maximum absolute atomic E-state index is 13.2. The van der Waals surface area contributed by atoms with Gasteiger partial charge < -0.3 is 9.64 Å². The smallest absolute Gasteiger partial charge is 0.227 e. The molecule has 5 heteroatoms. The number of rotatable bonds is 4. The molecule has 1 atom stereocenters. The third-order valence-electron chi connectivity index (χ3n) is 5.32. The number of carbonyl (C=O) groups is 1. The summed E-state index contributed by atoms with van der Waals surface area (Å²) in [6, 6.07) is 6.30. The standard InChI is InChI=1S/C18H25FN2O2/c1-20-7-6-15(11-23-2)10-18(20)12-21(13-18)17(22)9-14-4-3-5-16(19)8-14/h3-5,8,15H,6-7,9-13H2,1-2H3. The van der Waals surface area contributed by atoms with E-state index in [4.69, 9.17) is 4.74 Å². The van der Waals surface area contributed by atoms with Gasteiger partial charge in [0.05, 0.1) is 12.0 Å². The molecular weight excluding hydrogens is 295 g/mol. The summed E-state index contributed by atoms with van der Waals surface area (Å²) in [5.74, 6) is 0.380. The molecule has 3 rings (SSSR count). The fourth-order valence-corrected chi connectivity index (χ4v) is 3.93. The molecule has 2 saturated heterocycles. The van der Waals surface area contributed by atoms with Gasteiger partial charge in [-0.2, -0.15) is 0 Å². The molecule has 4 nitrogen and oxygen atoms in total. The number of nitrogens with zero attached hydrogens (tertiary/aromatic N) is 2. The first kappa shape index (κ1) is 16.4. The first-order valence-corrected chi connectivity index (χ1v) is 8.25. The Morgan fingerprint density at radius 3 is 2.91 bits per heavy atom. The van der Waals surface area contributed by atoms with Crippen LogP contribution in [-0.4, -0.2) is 61.6 Å². The van der Waals surface area contributed by atoms with Crippen LogP contribution >= 0.6 is 0 Å². The predicted octanol–water partition coefficient (Wildman–Crippen LogP) is 1.94. The van der Waals surface area contributed by atoms with Crippen LogP contribution in [0.2, 0.25) is 0 Å². The number of ether oxygens (including phenoxy) is 1. The van der Waals surface area contributed by atoms with Gasteiger partial charge in [0.25, 0.3) is 0 Å². The zero-order valence-corrected chi connectivity index (χ0v) is 13.9. The van der Waals surface area contributed by atoms with E-state index in [2.05, 4.69) is 11.9 Å². The summed E-state index contributed by atoms with van der Waals surface area (Å²) < 4.78 is 18.5. The van der Waals surface area contributed by atoms with Crippen LogP contribution in [0.1, 0.15) is 18.4 Å². The van der Waals surface area contributed by atoms with E-state index in [0.29, 0.717) is 5.92 Å². The summed E-state index contributed by atoms with van der Waals surface area (Å²) in [5, 5.41) is 0. The largest absolute Gasteiger partial charge is 0.384 e. The third-order valence-corrected chi connectivity index (χ3v) is 5.32. The van der Waals surface area contributed by atoms with E-state index in [0.717, 1.165) is 44.6 Å². The Labute approximate surface area is 137 Å². The molecule has 0 saturated carbocycles. The molecule has 2 fully saturated rings. The van der Waals surface area contributed by atoms with Crippen molar-refractivity contribution in [2.45, 2.75) is 24.8 Å². The van der Waals surface area contributed by atoms with Gasteiger partial charge in [-0.05, 0) is 50.0 Å². The molecule has 1 aromatic carbocycles. The van der Waals surface area contributed by atoms with E-state index in [-0.39, 0.29) is 23.7 Å². The number of benzene rings is 1. The number of piperidine rings is 1. The first-order chi connectivity index (χ1) is 11.0. The predicted molar refractivity (Wildman–Crippen MR) is 86.6 cm³/mol. The van der Waals surface area contributed by atoms with Crippen molar-refractivity contribution in [3.63, 3.8) is 0 Å². The van der Waals surface area contributed by atoms with Crippen LogP contribution in [0.25, 0.3) is 0 Å². The normalized spacial score (nSPS) is 23.8. The highest BCUT2D eigenvalue weighted by molar-refractivity contribution is 5.80. The number of carbonyl (C=O) groups excluding carboxylic acids is 1. The van der Waals surface area contributed by atoms with Crippen molar-refractivity contribution in [1.82, 2.24) is 9.80 Å². The van der Waals surface area contributed by atoms with E-state index >= 15 is 0 Å². The number of methoxy groups -OCH3 is 1. The molecule has 2 heterocycles. The molecular formula is C18H25FN2O2. The second kappa shape index (κ2) is 6.57. The summed E-state index contributed by atoms with van der Waals surface area (Å²) >= 11 is 0.